The number of fused-ring (bicyclic) bond motifs is 2. The SMILES string of the molecule is O=C(O)CCCN1CCCC2CNC3NCCCC3=C21. The number of aliphatic carboxylic acids is 1. The molecule has 0 bridgehead atoms. The quantitative estimate of drug-likeness (QED) is 0.720. The standard InChI is InChI=1S/C15H25N3O2/c19-13(20)6-3-9-18-8-2-4-11-10-17-15-12(14(11)18)5-1-7-16-15/h11,15-17H,1-10H2,(H,19,20). The van der Waals surface area contributed by atoms with Gasteiger partial charge in [0, 0.05) is 37.7 Å². The van der Waals surface area contributed by atoms with Crippen LogP contribution in [-0.4, -0.2) is 48.3 Å². The van der Waals surface area contributed by atoms with Gasteiger partial charge in [0.25, 0.3) is 0 Å². The van der Waals surface area contributed by atoms with E-state index >= 15 is 0 Å². The van der Waals surface area contributed by atoms with Crippen LogP contribution in [0.3, 0.4) is 0 Å². The molecule has 3 heterocycles. The Morgan fingerprint density at radius 2 is 2.25 bits per heavy atom. The Bertz CT molecular complexity index is 408. The fourth-order valence-electron chi connectivity index (χ4n) is 3.89. The highest BCUT2D eigenvalue weighted by Gasteiger charge is 2.35. The summed E-state index contributed by atoms with van der Waals surface area (Å²) >= 11 is 0. The van der Waals surface area contributed by atoms with E-state index < -0.39 is 5.97 Å². The highest BCUT2D eigenvalue weighted by Crippen LogP contribution is 2.35. The van der Waals surface area contributed by atoms with Crippen molar-refractivity contribution in [2.45, 2.75) is 44.7 Å². The Morgan fingerprint density at radius 1 is 1.35 bits per heavy atom. The molecule has 0 aliphatic carbocycles. The molecule has 3 aliphatic rings. The van der Waals surface area contributed by atoms with Gasteiger partial charge in [0.15, 0.2) is 0 Å². The van der Waals surface area contributed by atoms with E-state index in [1.165, 1.54) is 31.4 Å². The molecule has 0 aromatic rings. The lowest BCUT2D eigenvalue weighted by atomic mass is 9.84. The van der Waals surface area contributed by atoms with Crippen molar-refractivity contribution in [2.75, 3.05) is 26.2 Å². The summed E-state index contributed by atoms with van der Waals surface area (Å²) in [5.41, 5.74) is 3.08. The van der Waals surface area contributed by atoms with Crippen molar-refractivity contribution < 1.29 is 9.90 Å². The third-order valence-corrected chi connectivity index (χ3v) is 4.74. The molecule has 0 aromatic carbocycles. The van der Waals surface area contributed by atoms with Crippen LogP contribution in [-0.2, 0) is 4.79 Å². The van der Waals surface area contributed by atoms with Gasteiger partial charge in [-0.2, -0.15) is 0 Å². The van der Waals surface area contributed by atoms with E-state index in [1.807, 2.05) is 0 Å². The van der Waals surface area contributed by atoms with E-state index in [2.05, 4.69) is 15.5 Å². The van der Waals surface area contributed by atoms with Gasteiger partial charge in [-0.05, 0) is 44.2 Å². The summed E-state index contributed by atoms with van der Waals surface area (Å²) in [7, 11) is 0. The van der Waals surface area contributed by atoms with Gasteiger partial charge < -0.3 is 10.0 Å². The first-order valence-electron chi connectivity index (χ1n) is 7.92. The monoisotopic (exact) mass is 279 g/mol. The Morgan fingerprint density at radius 3 is 3.10 bits per heavy atom. The average Bonchev–Trinajstić information content (AvgIpc) is 2.46. The number of carboxylic acids is 1. The zero-order valence-electron chi connectivity index (χ0n) is 12.0. The molecule has 2 saturated heterocycles. The maximum Gasteiger partial charge on any atom is 0.303 e. The van der Waals surface area contributed by atoms with E-state index in [-0.39, 0.29) is 6.42 Å². The zero-order valence-corrected chi connectivity index (χ0v) is 12.0. The molecule has 0 spiro atoms. The van der Waals surface area contributed by atoms with Crippen LogP contribution in [0.5, 0.6) is 0 Å². The van der Waals surface area contributed by atoms with Crippen LogP contribution in [0.25, 0.3) is 0 Å². The van der Waals surface area contributed by atoms with E-state index in [4.69, 9.17) is 5.11 Å². The molecule has 2 unspecified atom stereocenters. The van der Waals surface area contributed by atoms with Crippen LogP contribution in [0.2, 0.25) is 0 Å². The van der Waals surface area contributed by atoms with Gasteiger partial charge in [0.2, 0.25) is 0 Å². The molecule has 3 aliphatic heterocycles. The minimum atomic E-state index is -0.682. The van der Waals surface area contributed by atoms with E-state index in [0.717, 1.165) is 32.6 Å². The first kappa shape index (κ1) is 13.9. The Kier molecular flexibility index (Phi) is 4.27. The van der Waals surface area contributed by atoms with Crippen molar-refractivity contribution >= 4 is 5.97 Å². The summed E-state index contributed by atoms with van der Waals surface area (Å²) in [5, 5.41) is 16.0. The number of rotatable bonds is 4. The van der Waals surface area contributed by atoms with Gasteiger partial charge >= 0.3 is 5.97 Å². The predicted octanol–water partition coefficient (Wildman–Crippen LogP) is 1.13. The number of nitrogens with one attached hydrogen (secondary N) is 2. The molecule has 5 heteroatoms. The molecule has 3 rings (SSSR count). The second kappa shape index (κ2) is 6.14. The number of hydrogen-bond donors (Lipinski definition) is 3. The normalized spacial score (nSPS) is 29.9. The van der Waals surface area contributed by atoms with Crippen molar-refractivity contribution in [1.82, 2.24) is 15.5 Å². The second-order valence-corrected chi connectivity index (χ2v) is 6.13. The smallest absolute Gasteiger partial charge is 0.303 e. The van der Waals surface area contributed by atoms with E-state index in [1.54, 1.807) is 5.57 Å². The topological polar surface area (TPSA) is 64.6 Å². The predicted molar refractivity (Wildman–Crippen MR) is 77.2 cm³/mol. The summed E-state index contributed by atoms with van der Waals surface area (Å²) in [5.74, 6) is -0.0431. The number of carbonyl (C=O) groups is 1. The van der Waals surface area contributed by atoms with Gasteiger partial charge in [0.05, 0.1) is 6.17 Å². The highest BCUT2D eigenvalue weighted by molar-refractivity contribution is 5.66. The van der Waals surface area contributed by atoms with Crippen LogP contribution < -0.4 is 10.6 Å². The summed E-state index contributed by atoms with van der Waals surface area (Å²) in [4.78, 5) is 13.2. The Labute approximate surface area is 120 Å². The lowest BCUT2D eigenvalue weighted by Gasteiger charge is -2.46. The van der Waals surface area contributed by atoms with Gasteiger partial charge in [-0.15, -0.1) is 0 Å². The Balaban J connectivity index is 1.75. The number of nitrogens with zero attached hydrogens (tertiary/aromatic N) is 1. The van der Waals surface area contributed by atoms with Crippen molar-refractivity contribution in [3.8, 4) is 0 Å². The molecule has 2 fully saturated rings. The fourth-order valence-corrected chi connectivity index (χ4v) is 3.89. The number of piperidine rings is 2. The van der Waals surface area contributed by atoms with Crippen LogP contribution in [0.1, 0.15) is 38.5 Å². The zero-order chi connectivity index (χ0) is 13.9. The molecule has 112 valence electrons. The maximum absolute atomic E-state index is 10.7. The number of likely N-dealkylation sites (tertiary alicyclic amines) is 1. The molecule has 5 nitrogen and oxygen atoms in total. The van der Waals surface area contributed by atoms with Gasteiger partial charge in [-0.3, -0.25) is 15.4 Å². The Hall–Kier alpha value is -1.07. The summed E-state index contributed by atoms with van der Waals surface area (Å²) in [6.45, 7) is 4.15. The third-order valence-electron chi connectivity index (χ3n) is 4.74. The van der Waals surface area contributed by atoms with Crippen molar-refractivity contribution in [3.05, 3.63) is 11.3 Å². The summed E-state index contributed by atoms with van der Waals surface area (Å²) in [6, 6.07) is 0. The molecule has 3 N–H and O–H groups in total. The van der Waals surface area contributed by atoms with Crippen molar-refractivity contribution in [3.63, 3.8) is 0 Å². The molecule has 0 saturated carbocycles. The molecular formula is C15H25N3O2. The minimum absolute atomic E-state index is 0.281. The molecular weight excluding hydrogens is 254 g/mol. The molecule has 0 radical (unpaired) electrons. The molecule has 2 atom stereocenters. The fraction of sp³-hybridized carbons (Fsp3) is 0.800. The van der Waals surface area contributed by atoms with Gasteiger partial charge in [0.1, 0.15) is 0 Å². The lowest BCUT2D eigenvalue weighted by Crippen LogP contribution is -2.55. The maximum atomic E-state index is 10.7. The molecule has 0 amide bonds. The molecule has 0 aromatic heterocycles. The minimum Gasteiger partial charge on any atom is -0.481 e. The second-order valence-electron chi connectivity index (χ2n) is 6.13. The van der Waals surface area contributed by atoms with Crippen LogP contribution >= 0.6 is 0 Å². The van der Waals surface area contributed by atoms with Crippen LogP contribution in [0.15, 0.2) is 11.3 Å². The summed E-state index contributed by atoms with van der Waals surface area (Å²) in [6.07, 6.45) is 6.30. The molecule has 20 heavy (non-hydrogen) atoms. The van der Waals surface area contributed by atoms with Crippen molar-refractivity contribution in [1.29, 1.82) is 0 Å². The van der Waals surface area contributed by atoms with Crippen LogP contribution in [0, 0.1) is 5.92 Å². The van der Waals surface area contributed by atoms with Gasteiger partial charge in [-0.1, -0.05) is 0 Å². The van der Waals surface area contributed by atoms with E-state index in [0.29, 0.717) is 12.1 Å². The van der Waals surface area contributed by atoms with E-state index in [9.17, 15) is 4.79 Å². The third kappa shape index (κ3) is 2.83. The van der Waals surface area contributed by atoms with Crippen molar-refractivity contribution in [2.24, 2.45) is 5.92 Å². The largest absolute Gasteiger partial charge is 0.481 e. The first-order valence-corrected chi connectivity index (χ1v) is 7.92. The first-order chi connectivity index (χ1) is 9.75. The van der Waals surface area contributed by atoms with Crippen LogP contribution in [0.4, 0.5) is 0 Å². The average molecular weight is 279 g/mol. The number of hydrogen-bond acceptors (Lipinski definition) is 4. The van der Waals surface area contributed by atoms with Gasteiger partial charge in [-0.25, -0.2) is 0 Å². The lowest BCUT2D eigenvalue weighted by molar-refractivity contribution is -0.137. The number of carboxylic acid groups (broad SMARTS) is 1. The highest BCUT2D eigenvalue weighted by atomic mass is 16.4. The summed E-state index contributed by atoms with van der Waals surface area (Å²) < 4.78 is 0.